The lowest BCUT2D eigenvalue weighted by atomic mass is 10.1. The number of hydrogen-bond acceptors (Lipinski definition) is 6. The Bertz CT molecular complexity index is 1450. The van der Waals surface area contributed by atoms with Crippen LogP contribution >= 0.6 is 11.6 Å². The van der Waals surface area contributed by atoms with Crippen LogP contribution in [0.5, 0.6) is 5.75 Å². The average molecular weight is 518 g/mol. The third-order valence-corrected chi connectivity index (χ3v) is 6.58. The van der Waals surface area contributed by atoms with Crippen molar-refractivity contribution in [1.82, 2.24) is 14.7 Å². The second-order valence-electron chi connectivity index (χ2n) is 8.56. The van der Waals surface area contributed by atoms with Gasteiger partial charge in [0.15, 0.2) is 0 Å². The highest BCUT2D eigenvalue weighted by atomic mass is 35.5. The lowest BCUT2D eigenvalue weighted by Gasteiger charge is -2.36. The van der Waals surface area contributed by atoms with Gasteiger partial charge in [-0.1, -0.05) is 29.8 Å². The summed E-state index contributed by atoms with van der Waals surface area (Å²) in [5.74, 6) is 0.648. The van der Waals surface area contributed by atoms with E-state index in [0.29, 0.717) is 53.8 Å². The van der Waals surface area contributed by atoms with E-state index in [4.69, 9.17) is 16.3 Å². The van der Waals surface area contributed by atoms with E-state index >= 15 is 0 Å². The van der Waals surface area contributed by atoms with E-state index in [1.54, 1.807) is 48.2 Å². The first-order valence-electron chi connectivity index (χ1n) is 11.7. The molecule has 0 saturated carbocycles. The molecule has 5 rings (SSSR count). The van der Waals surface area contributed by atoms with Crippen LogP contribution in [0.1, 0.15) is 10.5 Å². The highest BCUT2D eigenvalue weighted by Crippen LogP contribution is 2.29. The van der Waals surface area contributed by atoms with Gasteiger partial charge in [-0.05, 0) is 48.5 Å². The number of anilines is 1. The number of hydrogen-bond donors (Lipinski definition) is 0. The number of nitro groups is 1. The number of para-hydroxylation sites is 2. The molecule has 0 spiro atoms. The molecule has 0 unspecified atom stereocenters. The first-order valence-corrected chi connectivity index (χ1v) is 12.1. The van der Waals surface area contributed by atoms with Gasteiger partial charge in [0.25, 0.3) is 11.6 Å². The number of benzene rings is 3. The molecular formula is C27H24ClN5O4. The van der Waals surface area contributed by atoms with Gasteiger partial charge < -0.3 is 14.5 Å². The van der Waals surface area contributed by atoms with E-state index in [1.165, 1.54) is 12.1 Å². The second-order valence-corrected chi connectivity index (χ2v) is 9.00. The smallest absolute Gasteiger partial charge is 0.272 e. The van der Waals surface area contributed by atoms with Crippen molar-refractivity contribution in [3.8, 4) is 22.7 Å². The maximum atomic E-state index is 13.7. The summed E-state index contributed by atoms with van der Waals surface area (Å²) in [7, 11) is 1.65. The van der Waals surface area contributed by atoms with Gasteiger partial charge in [-0.3, -0.25) is 14.9 Å². The first-order chi connectivity index (χ1) is 17.9. The number of halogens is 1. The minimum absolute atomic E-state index is 0.0118. The molecule has 9 nitrogen and oxygen atoms in total. The van der Waals surface area contributed by atoms with Crippen LogP contribution in [0.25, 0.3) is 16.9 Å². The molecule has 0 radical (unpaired) electrons. The number of nitro benzene ring substituents is 1. The van der Waals surface area contributed by atoms with Gasteiger partial charge in [0, 0.05) is 48.9 Å². The number of rotatable bonds is 6. The van der Waals surface area contributed by atoms with Crippen molar-refractivity contribution >= 4 is 28.9 Å². The standard InChI is InChI=1S/C27H24ClN5O4/c1-37-26-8-3-2-7-24(26)30-13-15-31(16-14-30)27(34)25-18-23(19-9-11-21(12-10-19)33(35)36)29-32(25)22-6-4-5-20(28)17-22/h2-12,17-18H,13-16H2,1H3. The van der Waals surface area contributed by atoms with Crippen LogP contribution in [0.4, 0.5) is 11.4 Å². The van der Waals surface area contributed by atoms with Gasteiger partial charge in [-0.2, -0.15) is 5.10 Å². The normalized spacial score (nSPS) is 13.5. The van der Waals surface area contributed by atoms with Crippen LogP contribution in [0.3, 0.4) is 0 Å². The number of non-ortho nitro benzene ring substituents is 1. The van der Waals surface area contributed by atoms with E-state index in [0.717, 1.165) is 11.4 Å². The Morgan fingerprint density at radius 1 is 0.973 bits per heavy atom. The number of aromatic nitrogens is 2. The summed E-state index contributed by atoms with van der Waals surface area (Å²) in [6.45, 7) is 2.38. The number of carbonyl (C=O) groups is 1. The maximum absolute atomic E-state index is 13.7. The molecule has 0 aliphatic carbocycles. The Morgan fingerprint density at radius 2 is 1.70 bits per heavy atom. The van der Waals surface area contributed by atoms with Crippen molar-refractivity contribution < 1.29 is 14.5 Å². The molecule has 188 valence electrons. The molecule has 1 fully saturated rings. The van der Waals surface area contributed by atoms with Crippen molar-refractivity contribution in [2.75, 3.05) is 38.2 Å². The van der Waals surface area contributed by atoms with Crippen molar-refractivity contribution in [2.24, 2.45) is 0 Å². The Kier molecular flexibility index (Phi) is 6.78. The third-order valence-electron chi connectivity index (χ3n) is 6.35. The molecule has 37 heavy (non-hydrogen) atoms. The van der Waals surface area contributed by atoms with Gasteiger partial charge in [0.05, 0.1) is 29.1 Å². The highest BCUT2D eigenvalue weighted by Gasteiger charge is 2.27. The number of carbonyl (C=O) groups excluding carboxylic acids is 1. The quantitative estimate of drug-likeness (QED) is 0.262. The van der Waals surface area contributed by atoms with Crippen LogP contribution < -0.4 is 9.64 Å². The summed E-state index contributed by atoms with van der Waals surface area (Å²) >= 11 is 6.23. The zero-order chi connectivity index (χ0) is 25.9. The number of nitrogens with zero attached hydrogens (tertiary/aromatic N) is 5. The number of amides is 1. The zero-order valence-corrected chi connectivity index (χ0v) is 20.8. The summed E-state index contributed by atoms with van der Waals surface area (Å²) < 4.78 is 7.08. The number of methoxy groups -OCH3 is 1. The summed E-state index contributed by atoms with van der Waals surface area (Å²) in [6, 6.07) is 22.8. The van der Waals surface area contributed by atoms with Gasteiger partial charge >= 0.3 is 0 Å². The fourth-order valence-corrected chi connectivity index (χ4v) is 4.62. The molecule has 2 heterocycles. The Hall–Kier alpha value is -4.37. The molecule has 0 bridgehead atoms. The van der Waals surface area contributed by atoms with Gasteiger partial charge in [0.2, 0.25) is 0 Å². The largest absolute Gasteiger partial charge is 0.495 e. The Balaban J connectivity index is 1.44. The zero-order valence-electron chi connectivity index (χ0n) is 20.1. The molecular weight excluding hydrogens is 494 g/mol. The van der Waals surface area contributed by atoms with E-state index in [1.807, 2.05) is 35.2 Å². The number of piperazine rings is 1. The average Bonchev–Trinajstić information content (AvgIpc) is 3.38. The summed E-state index contributed by atoms with van der Waals surface area (Å²) in [5.41, 5.74) is 3.23. The minimum Gasteiger partial charge on any atom is -0.495 e. The summed E-state index contributed by atoms with van der Waals surface area (Å²) in [5, 5.41) is 16.3. The SMILES string of the molecule is COc1ccccc1N1CCN(C(=O)c2cc(-c3ccc([N+](=O)[O-])cc3)nn2-c2cccc(Cl)c2)CC1. The maximum Gasteiger partial charge on any atom is 0.272 e. The predicted molar refractivity (Wildman–Crippen MR) is 142 cm³/mol. The van der Waals surface area contributed by atoms with Crippen LogP contribution in [-0.2, 0) is 0 Å². The van der Waals surface area contributed by atoms with Crippen molar-refractivity contribution in [1.29, 1.82) is 0 Å². The van der Waals surface area contributed by atoms with Gasteiger partial charge in [0.1, 0.15) is 11.4 Å². The monoisotopic (exact) mass is 517 g/mol. The highest BCUT2D eigenvalue weighted by molar-refractivity contribution is 6.30. The fourth-order valence-electron chi connectivity index (χ4n) is 4.44. The van der Waals surface area contributed by atoms with E-state index in [-0.39, 0.29) is 11.6 Å². The van der Waals surface area contributed by atoms with Crippen LogP contribution in [0.15, 0.2) is 78.9 Å². The molecule has 3 aromatic carbocycles. The van der Waals surface area contributed by atoms with Crippen molar-refractivity contribution in [3.63, 3.8) is 0 Å². The first kappa shape index (κ1) is 24.3. The van der Waals surface area contributed by atoms with Gasteiger partial charge in [-0.15, -0.1) is 0 Å². The molecule has 1 aliphatic rings. The number of ether oxygens (including phenoxy) is 1. The molecule has 0 N–H and O–H groups in total. The molecule has 1 aliphatic heterocycles. The molecule has 0 atom stereocenters. The lowest BCUT2D eigenvalue weighted by Crippen LogP contribution is -2.49. The van der Waals surface area contributed by atoms with E-state index in [9.17, 15) is 14.9 Å². The second kappa shape index (κ2) is 10.3. The molecule has 1 amide bonds. The Labute approximate surface area is 218 Å². The molecule has 4 aromatic rings. The van der Waals surface area contributed by atoms with Crippen molar-refractivity contribution in [3.05, 3.63) is 99.7 Å². The van der Waals surface area contributed by atoms with Crippen molar-refractivity contribution in [2.45, 2.75) is 0 Å². The van der Waals surface area contributed by atoms with Crippen LogP contribution in [0.2, 0.25) is 5.02 Å². The Morgan fingerprint density at radius 3 is 2.38 bits per heavy atom. The molecule has 1 aromatic heterocycles. The van der Waals surface area contributed by atoms with Crippen LogP contribution in [-0.4, -0.2) is 58.8 Å². The summed E-state index contributed by atoms with van der Waals surface area (Å²) in [4.78, 5) is 28.3. The lowest BCUT2D eigenvalue weighted by molar-refractivity contribution is -0.384. The topological polar surface area (TPSA) is 93.7 Å². The predicted octanol–water partition coefficient (Wildman–Crippen LogP) is 5.07. The van der Waals surface area contributed by atoms with E-state index in [2.05, 4.69) is 10.00 Å². The summed E-state index contributed by atoms with van der Waals surface area (Å²) in [6.07, 6.45) is 0. The molecule has 10 heteroatoms. The van der Waals surface area contributed by atoms with Crippen LogP contribution in [0, 0.1) is 10.1 Å². The third kappa shape index (κ3) is 4.99. The van der Waals surface area contributed by atoms with E-state index < -0.39 is 4.92 Å². The minimum atomic E-state index is -0.450. The molecule has 1 saturated heterocycles. The van der Waals surface area contributed by atoms with Gasteiger partial charge in [-0.25, -0.2) is 4.68 Å². The fraction of sp³-hybridized carbons (Fsp3) is 0.185.